The molecule has 0 bridgehead atoms. The fourth-order valence-electron chi connectivity index (χ4n) is 2.94. The van der Waals surface area contributed by atoms with Crippen LogP contribution in [-0.4, -0.2) is 40.0 Å². The average Bonchev–Trinajstić information content (AvgIpc) is 2.77. The van der Waals surface area contributed by atoms with Crippen molar-refractivity contribution in [1.82, 2.24) is 14.9 Å². The maximum absolute atomic E-state index is 4.27. The van der Waals surface area contributed by atoms with Crippen LogP contribution in [-0.2, 0) is 0 Å². The first-order valence-electron chi connectivity index (χ1n) is 6.18. The Hall–Kier alpha value is -1.16. The lowest BCUT2D eigenvalue weighted by Gasteiger charge is -2.35. The molecule has 4 nitrogen and oxygen atoms in total. The summed E-state index contributed by atoms with van der Waals surface area (Å²) in [6, 6.07) is 1.39. The molecule has 2 aliphatic heterocycles. The van der Waals surface area contributed by atoms with Crippen LogP contribution in [0.2, 0.25) is 0 Å². The van der Waals surface area contributed by atoms with Gasteiger partial charge in [0.25, 0.3) is 0 Å². The Morgan fingerprint density at radius 3 is 3.12 bits per heavy atom. The van der Waals surface area contributed by atoms with Crippen molar-refractivity contribution < 1.29 is 0 Å². The van der Waals surface area contributed by atoms with E-state index in [0.717, 1.165) is 11.9 Å². The molecule has 2 fully saturated rings. The number of nitrogens with zero attached hydrogens (tertiary/aromatic N) is 3. The van der Waals surface area contributed by atoms with Crippen LogP contribution in [0.1, 0.15) is 25.7 Å². The lowest BCUT2D eigenvalue weighted by Crippen LogP contribution is -2.42. The lowest BCUT2D eigenvalue weighted by atomic mass is 9.98. The monoisotopic (exact) mass is 218 g/mol. The molecule has 3 heterocycles. The van der Waals surface area contributed by atoms with Gasteiger partial charge in [-0.15, -0.1) is 0 Å². The lowest BCUT2D eigenvalue weighted by molar-refractivity contribution is 0.188. The second kappa shape index (κ2) is 4.37. The van der Waals surface area contributed by atoms with Crippen LogP contribution in [0.25, 0.3) is 0 Å². The van der Waals surface area contributed by atoms with E-state index in [0.29, 0.717) is 6.04 Å². The Bertz CT molecular complexity index is 340. The van der Waals surface area contributed by atoms with Crippen LogP contribution in [0.15, 0.2) is 18.6 Å². The number of hydrogen-bond acceptors (Lipinski definition) is 4. The summed E-state index contributed by atoms with van der Waals surface area (Å²) in [4.78, 5) is 11.0. The molecule has 0 unspecified atom stereocenters. The smallest absolute Gasteiger partial charge is 0.144 e. The molecule has 1 aromatic rings. The molecule has 4 heteroatoms. The van der Waals surface area contributed by atoms with Crippen LogP contribution in [0.3, 0.4) is 0 Å². The van der Waals surface area contributed by atoms with Gasteiger partial charge in [0.1, 0.15) is 5.82 Å². The highest BCUT2D eigenvalue weighted by atomic mass is 15.2. The summed E-state index contributed by atoms with van der Waals surface area (Å²) >= 11 is 0. The molecule has 1 aromatic heterocycles. The molecule has 2 atom stereocenters. The van der Waals surface area contributed by atoms with Gasteiger partial charge < -0.3 is 10.2 Å². The molecule has 2 aliphatic rings. The Labute approximate surface area is 96.1 Å². The predicted octanol–water partition coefficient (Wildman–Crippen LogP) is 1.52. The molecule has 16 heavy (non-hydrogen) atoms. The molecule has 3 rings (SSSR count). The highest BCUT2D eigenvalue weighted by Crippen LogP contribution is 2.27. The summed E-state index contributed by atoms with van der Waals surface area (Å²) in [5.41, 5.74) is 0. The SMILES string of the molecule is c1cnc(N[C@@H]2CCN3CCC[C@H]3C2)cn1. The zero-order valence-electron chi connectivity index (χ0n) is 9.47. The number of fused-ring (bicyclic) bond motifs is 1. The van der Waals surface area contributed by atoms with Gasteiger partial charge in [0.2, 0.25) is 0 Å². The van der Waals surface area contributed by atoms with E-state index in [1.54, 1.807) is 18.6 Å². The standard InChI is InChI=1S/C12H18N4/c1-2-11-8-10(3-7-16(11)6-1)15-12-9-13-4-5-14-12/h4-5,9-11H,1-3,6-8H2,(H,14,15)/t10-,11+/m1/s1. The molecule has 0 radical (unpaired) electrons. The number of anilines is 1. The maximum atomic E-state index is 4.27. The van der Waals surface area contributed by atoms with Crippen molar-refractivity contribution in [3.63, 3.8) is 0 Å². The molecule has 0 amide bonds. The van der Waals surface area contributed by atoms with Crippen LogP contribution < -0.4 is 5.32 Å². The van der Waals surface area contributed by atoms with Crippen LogP contribution in [0.4, 0.5) is 5.82 Å². The third-order valence-electron chi connectivity index (χ3n) is 3.74. The highest BCUT2D eigenvalue weighted by Gasteiger charge is 2.31. The van der Waals surface area contributed by atoms with E-state index in [1.165, 1.54) is 38.8 Å². The fraction of sp³-hybridized carbons (Fsp3) is 0.667. The number of rotatable bonds is 2. The first kappa shape index (κ1) is 10.0. The molecule has 86 valence electrons. The van der Waals surface area contributed by atoms with Gasteiger partial charge in [0, 0.05) is 31.0 Å². The topological polar surface area (TPSA) is 41.1 Å². The molecule has 0 aliphatic carbocycles. The molecule has 1 N–H and O–H groups in total. The highest BCUT2D eigenvalue weighted by molar-refractivity contribution is 5.31. The fourth-order valence-corrected chi connectivity index (χ4v) is 2.94. The second-order valence-electron chi connectivity index (χ2n) is 4.79. The van der Waals surface area contributed by atoms with Gasteiger partial charge in [-0.25, -0.2) is 4.98 Å². The van der Waals surface area contributed by atoms with Gasteiger partial charge in [-0.3, -0.25) is 4.98 Å². The minimum Gasteiger partial charge on any atom is -0.366 e. The minimum absolute atomic E-state index is 0.580. The number of aromatic nitrogens is 2. The van der Waals surface area contributed by atoms with Crippen molar-refractivity contribution in [2.24, 2.45) is 0 Å². The Kier molecular flexibility index (Phi) is 2.74. The number of piperidine rings is 1. The Morgan fingerprint density at radius 1 is 1.25 bits per heavy atom. The summed E-state index contributed by atoms with van der Waals surface area (Å²) < 4.78 is 0. The molecular weight excluding hydrogens is 200 g/mol. The van der Waals surface area contributed by atoms with E-state index in [4.69, 9.17) is 0 Å². The van der Waals surface area contributed by atoms with E-state index < -0.39 is 0 Å². The van der Waals surface area contributed by atoms with E-state index in [-0.39, 0.29) is 0 Å². The van der Waals surface area contributed by atoms with Gasteiger partial charge in [-0.2, -0.15) is 0 Å². The van der Waals surface area contributed by atoms with Crippen molar-refractivity contribution in [1.29, 1.82) is 0 Å². The van der Waals surface area contributed by atoms with Crippen molar-refractivity contribution in [2.45, 2.75) is 37.8 Å². The summed E-state index contributed by atoms with van der Waals surface area (Å²) in [6.45, 7) is 2.55. The Morgan fingerprint density at radius 2 is 2.25 bits per heavy atom. The first-order chi connectivity index (χ1) is 7.92. The van der Waals surface area contributed by atoms with Gasteiger partial charge in [0.15, 0.2) is 0 Å². The van der Waals surface area contributed by atoms with Crippen molar-refractivity contribution in [3.05, 3.63) is 18.6 Å². The van der Waals surface area contributed by atoms with Gasteiger partial charge in [-0.05, 0) is 32.2 Å². The first-order valence-corrected chi connectivity index (χ1v) is 6.18. The van der Waals surface area contributed by atoms with Crippen LogP contribution >= 0.6 is 0 Å². The Balaban J connectivity index is 1.60. The summed E-state index contributed by atoms with van der Waals surface area (Å²) in [5, 5.41) is 3.49. The molecular formula is C12H18N4. The normalized spacial score (nSPS) is 30.0. The molecule has 0 saturated carbocycles. The molecule has 2 saturated heterocycles. The zero-order valence-corrected chi connectivity index (χ0v) is 9.47. The van der Waals surface area contributed by atoms with E-state index in [1.807, 2.05) is 0 Å². The van der Waals surface area contributed by atoms with Crippen LogP contribution in [0.5, 0.6) is 0 Å². The summed E-state index contributed by atoms with van der Waals surface area (Å²) in [6.07, 6.45) is 10.5. The van der Waals surface area contributed by atoms with E-state index in [2.05, 4.69) is 20.2 Å². The third kappa shape index (κ3) is 2.02. The van der Waals surface area contributed by atoms with Crippen molar-refractivity contribution >= 4 is 5.82 Å². The van der Waals surface area contributed by atoms with Gasteiger partial charge >= 0.3 is 0 Å². The summed E-state index contributed by atoms with van der Waals surface area (Å²) in [5.74, 6) is 0.916. The zero-order chi connectivity index (χ0) is 10.8. The molecule has 0 aromatic carbocycles. The molecule has 0 spiro atoms. The summed E-state index contributed by atoms with van der Waals surface area (Å²) in [7, 11) is 0. The second-order valence-corrected chi connectivity index (χ2v) is 4.79. The maximum Gasteiger partial charge on any atom is 0.144 e. The third-order valence-corrected chi connectivity index (χ3v) is 3.74. The van der Waals surface area contributed by atoms with E-state index >= 15 is 0 Å². The van der Waals surface area contributed by atoms with Gasteiger partial charge in [-0.1, -0.05) is 0 Å². The van der Waals surface area contributed by atoms with Crippen molar-refractivity contribution in [3.8, 4) is 0 Å². The van der Waals surface area contributed by atoms with Crippen molar-refractivity contribution in [2.75, 3.05) is 18.4 Å². The number of hydrogen-bond donors (Lipinski definition) is 1. The minimum atomic E-state index is 0.580. The van der Waals surface area contributed by atoms with Crippen LogP contribution in [0, 0.1) is 0 Å². The predicted molar refractivity (Wildman–Crippen MR) is 63.3 cm³/mol. The quantitative estimate of drug-likeness (QED) is 0.817. The number of nitrogens with one attached hydrogen (secondary N) is 1. The average molecular weight is 218 g/mol. The van der Waals surface area contributed by atoms with Gasteiger partial charge in [0.05, 0.1) is 6.20 Å². The van der Waals surface area contributed by atoms with E-state index in [9.17, 15) is 0 Å². The largest absolute Gasteiger partial charge is 0.366 e.